The van der Waals surface area contributed by atoms with E-state index in [2.05, 4.69) is 15.9 Å². The first-order valence-corrected chi connectivity index (χ1v) is 9.54. The van der Waals surface area contributed by atoms with Crippen molar-refractivity contribution in [1.82, 2.24) is 0 Å². The number of ether oxygens (including phenoxy) is 2. The molecule has 144 valence electrons. The molecule has 0 atom stereocenters. The molecule has 0 N–H and O–H groups in total. The molecule has 0 aliphatic carbocycles. The van der Waals surface area contributed by atoms with E-state index in [9.17, 15) is 14.0 Å². The number of allylic oxidation sites excluding steroid dienone is 1. The highest BCUT2D eigenvalue weighted by Crippen LogP contribution is 2.39. The minimum absolute atomic E-state index is 0.168. The number of hydrogen-bond acceptors (Lipinski definition) is 4. The van der Waals surface area contributed by atoms with Crippen molar-refractivity contribution in [3.63, 3.8) is 0 Å². The summed E-state index contributed by atoms with van der Waals surface area (Å²) in [5.41, 5.74) is 1.49. The monoisotopic (exact) mass is 452 g/mol. The van der Waals surface area contributed by atoms with E-state index in [1.54, 1.807) is 19.1 Å². The van der Waals surface area contributed by atoms with Gasteiger partial charge in [0.25, 0.3) is 0 Å². The van der Waals surface area contributed by atoms with Gasteiger partial charge in [0.05, 0.1) is 11.1 Å². The molecule has 0 aromatic heterocycles. The fourth-order valence-electron chi connectivity index (χ4n) is 2.99. The van der Waals surface area contributed by atoms with E-state index in [1.807, 2.05) is 24.3 Å². The van der Waals surface area contributed by atoms with Crippen LogP contribution in [0.5, 0.6) is 11.5 Å². The highest BCUT2D eigenvalue weighted by Gasteiger charge is 2.31. The van der Waals surface area contributed by atoms with Crippen molar-refractivity contribution < 1.29 is 23.5 Å². The Kier molecular flexibility index (Phi) is 5.03. The Balaban J connectivity index is 1.64. The first-order chi connectivity index (χ1) is 14.0. The summed E-state index contributed by atoms with van der Waals surface area (Å²) in [6.45, 7) is 1.68. The summed E-state index contributed by atoms with van der Waals surface area (Å²) < 4.78 is 25.8. The van der Waals surface area contributed by atoms with Crippen LogP contribution in [0.1, 0.15) is 31.8 Å². The van der Waals surface area contributed by atoms with Gasteiger partial charge in [-0.1, -0.05) is 46.3 Å². The molecule has 4 nitrogen and oxygen atoms in total. The van der Waals surface area contributed by atoms with Gasteiger partial charge in [-0.05, 0) is 48.9 Å². The lowest BCUT2D eigenvalue weighted by Gasteiger charge is -2.10. The number of halogens is 2. The number of hydrogen-bond donors (Lipinski definition) is 0. The normalized spacial score (nSPS) is 13.9. The van der Waals surface area contributed by atoms with Crippen LogP contribution in [0.4, 0.5) is 4.39 Å². The highest BCUT2D eigenvalue weighted by molar-refractivity contribution is 9.10. The fraction of sp³-hybridized carbons (Fsp3) is 0.0435. The molecule has 29 heavy (non-hydrogen) atoms. The van der Waals surface area contributed by atoms with Gasteiger partial charge in [-0.25, -0.2) is 9.18 Å². The van der Waals surface area contributed by atoms with Gasteiger partial charge in [0.2, 0.25) is 5.78 Å². The minimum atomic E-state index is -0.820. The van der Waals surface area contributed by atoms with Crippen LogP contribution < -0.4 is 9.47 Å². The first-order valence-electron chi connectivity index (χ1n) is 8.75. The van der Waals surface area contributed by atoms with Crippen LogP contribution in [0.3, 0.4) is 0 Å². The molecule has 0 bridgehead atoms. The third-order valence-corrected chi connectivity index (χ3v) is 5.25. The molecular formula is C23H14BrFO4. The molecular weight excluding hydrogens is 439 g/mol. The second kappa shape index (κ2) is 7.64. The van der Waals surface area contributed by atoms with Crippen LogP contribution in [0, 0.1) is 12.7 Å². The van der Waals surface area contributed by atoms with Gasteiger partial charge < -0.3 is 9.47 Å². The summed E-state index contributed by atoms with van der Waals surface area (Å²) in [5.74, 6) is -1.04. The zero-order chi connectivity index (χ0) is 20.5. The molecule has 0 spiro atoms. The summed E-state index contributed by atoms with van der Waals surface area (Å²) >= 11 is 3.44. The van der Waals surface area contributed by atoms with Crippen LogP contribution in [-0.4, -0.2) is 11.8 Å². The molecule has 3 aromatic carbocycles. The molecule has 0 fully saturated rings. The predicted molar refractivity (Wildman–Crippen MR) is 110 cm³/mol. The molecule has 1 aliphatic rings. The van der Waals surface area contributed by atoms with Gasteiger partial charge in [-0.2, -0.15) is 0 Å². The largest absolute Gasteiger partial charge is 0.452 e. The Hall–Kier alpha value is -3.25. The number of rotatable bonds is 3. The number of Topliss-reactive ketones (excluding diaryl/α,β-unsaturated/α-hetero) is 1. The average molecular weight is 453 g/mol. The maximum absolute atomic E-state index is 13.8. The minimum Gasteiger partial charge on any atom is -0.452 e. The summed E-state index contributed by atoms with van der Waals surface area (Å²) in [6.07, 6.45) is 1.65. The first kappa shape index (κ1) is 19.1. The van der Waals surface area contributed by atoms with Crippen molar-refractivity contribution in [3.8, 4) is 11.5 Å². The zero-order valence-electron chi connectivity index (χ0n) is 15.2. The second-order valence-electron chi connectivity index (χ2n) is 6.40. The summed E-state index contributed by atoms with van der Waals surface area (Å²) in [5, 5.41) is 0. The molecule has 0 unspecified atom stereocenters. The van der Waals surface area contributed by atoms with Crippen LogP contribution in [0.25, 0.3) is 6.08 Å². The third kappa shape index (κ3) is 3.59. The van der Waals surface area contributed by atoms with E-state index < -0.39 is 11.8 Å². The predicted octanol–water partition coefficient (Wildman–Crippen LogP) is 5.73. The van der Waals surface area contributed by atoms with Gasteiger partial charge in [-0.15, -0.1) is 0 Å². The molecule has 0 radical (unpaired) electrons. The van der Waals surface area contributed by atoms with Crippen LogP contribution in [0.2, 0.25) is 0 Å². The number of carbonyl (C=O) groups excluding carboxylic acids is 2. The molecule has 0 saturated heterocycles. The molecule has 6 heteroatoms. The lowest BCUT2D eigenvalue weighted by Crippen LogP contribution is -2.11. The van der Waals surface area contributed by atoms with E-state index in [0.29, 0.717) is 16.9 Å². The van der Waals surface area contributed by atoms with Gasteiger partial charge in [0, 0.05) is 10.0 Å². The lowest BCUT2D eigenvalue weighted by atomic mass is 10.1. The van der Waals surface area contributed by atoms with Crippen LogP contribution in [0.15, 0.2) is 70.9 Å². The number of benzene rings is 3. The van der Waals surface area contributed by atoms with Crippen LogP contribution >= 0.6 is 15.9 Å². The quantitative estimate of drug-likeness (QED) is 0.289. The van der Waals surface area contributed by atoms with E-state index in [4.69, 9.17) is 9.47 Å². The highest BCUT2D eigenvalue weighted by atomic mass is 79.9. The Morgan fingerprint density at radius 1 is 1.07 bits per heavy atom. The fourth-order valence-corrected chi connectivity index (χ4v) is 3.39. The third-order valence-electron chi connectivity index (χ3n) is 4.52. The number of ketones is 1. The van der Waals surface area contributed by atoms with E-state index in [0.717, 1.165) is 10.0 Å². The summed E-state index contributed by atoms with van der Waals surface area (Å²) in [4.78, 5) is 25.0. The Bertz CT molecular complexity index is 1180. The maximum Gasteiger partial charge on any atom is 0.346 e. The number of esters is 1. The van der Waals surface area contributed by atoms with Crippen LogP contribution in [-0.2, 0) is 0 Å². The molecule has 3 aromatic rings. The SMILES string of the molecule is Cc1c(OC(=O)c2ccccc2F)ccc2c1O/C(=C\c1ccccc1Br)C2=O. The number of fused-ring (bicyclic) bond motifs is 1. The van der Waals surface area contributed by atoms with Crippen molar-refractivity contribution in [3.05, 3.63) is 99.0 Å². The van der Waals surface area contributed by atoms with E-state index >= 15 is 0 Å². The van der Waals surface area contributed by atoms with E-state index in [1.165, 1.54) is 30.3 Å². The van der Waals surface area contributed by atoms with E-state index in [-0.39, 0.29) is 22.9 Å². The van der Waals surface area contributed by atoms with Gasteiger partial charge >= 0.3 is 5.97 Å². The molecule has 0 amide bonds. The molecule has 1 heterocycles. The van der Waals surface area contributed by atoms with Crippen molar-refractivity contribution in [2.24, 2.45) is 0 Å². The maximum atomic E-state index is 13.8. The van der Waals surface area contributed by atoms with Crippen molar-refractivity contribution in [1.29, 1.82) is 0 Å². The molecule has 4 rings (SSSR count). The van der Waals surface area contributed by atoms with Gasteiger partial charge in [0.15, 0.2) is 5.76 Å². The zero-order valence-corrected chi connectivity index (χ0v) is 16.8. The molecule has 1 aliphatic heterocycles. The smallest absolute Gasteiger partial charge is 0.346 e. The topological polar surface area (TPSA) is 52.6 Å². The lowest BCUT2D eigenvalue weighted by molar-refractivity contribution is 0.0728. The van der Waals surface area contributed by atoms with Crippen molar-refractivity contribution in [2.75, 3.05) is 0 Å². The summed E-state index contributed by atoms with van der Waals surface area (Å²) in [6, 6.07) is 16.1. The Labute approximate surface area is 174 Å². The summed E-state index contributed by atoms with van der Waals surface area (Å²) in [7, 11) is 0. The number of carbonyl (C=O) groups is 2. The second-order valence-corrected chi connectivity index (χ2v) is 7.25. The molecule has 0 saturated carbocycles. The Morgan fingerprint density at radius 2 is 1.79 bits per heavy atom. The van der Waals surface area contributed by atoms with Gasteiger partial charge in [0.1, 0.15) is 17.3 Å². The standard InChI is InChI=1S/C23H14BrFO4/c1-13-19(29-23(27)15-7-3-5-9-18(15)25)11-10-16-21(26)20(28-22(13)16)12-14-6-2-4-8-17(14)24/h2-12H,1H3/b20-12-. The average Bonchev–Trinajstić information content (AvgIpc) is 3.02. The van der Waals surface area contributed by atoms with Crippen molar-refractivity contribution in [2.45, 2.75) is 6.92 Å². The Morgan fingerprint density at radius 3 is 2.55 bits per heavy atom. The van der Waals surface area contributed by atoms with Crippen molar-refractivity contribution >= 4 is 33.8 Å². The van der Waals surface area contributed by atoms with Gasteiger partial charge in [-0.3, -0.25) is 4.79 Å².